The van der Waals surface area contributed by atoms with Crippen LogP contribution in [0, 0.1) is 0 Å². The number of nitrogens with zero attached hydrogens (tertiary/aromatic N) is 3. The maximum atomic E-state index is 11.4. The van der Waals surface area contributed by atoms with Gasteiger partial charge in [-0.05, 0) is 19.3 Å². The van der Waals surface area contributed by atoms with Crippen molar-refractivity contribution >= 4 is 18.0 Å². The molecule has 1 saturated heterocycles. The van der Waals surface area contributed by atoms with Gasteiger partial charge >= 0.3 is 0 Å². The van der Waals surface area contributed by atoms with Gasteiger partial charge in [0, 0.05) is 13.1 Å². The Hall–Kier alpha value is -1.19. The third-order valence-corrected chi connectivity index (χ3v) is 2.35. The molecule has 0 saturated carbocycles. The van der Waals surface area contributed by atoms with E-state index < -0.39 is 0 Å². The molecule has 0 amide bonds. The van der Waals surface area contributed by atoms with Crippen molar-refractivity contribution in [2.75, 3.05) is 19.6 Å². The number of carbonyl (C=O) groups is 1. The monoisotopic (exact) mass is 178 g/mol. The average molecular weight is 178 g/mol. The zero-order valence-electron chi connectivity index (χ0n) is 7.49. The van der Waals surface area contributed by atoms with Crippen LogP contribution in [0.15, 0.2) is 9.98 Å². The Morgan fingerprint density at radius 3 is 2.69 bits per heavy atom. The molecule has 0 aromatic carbocycles. The van der Waals surface area contributed by atoms with E-state index in [1.165, 1.54) is 6.42 Å². The molecule has 2 rings (SSSR count). The summed E-state index contributed by atoms with van der Waals surface area (Å²) in [6.07, 6.45) is 6.09. The zero-order chi connectivity index (χ0) is 9.10. The van der Waals surface area contributed by atoms with Crippen LogP contribution >= 0.6 is 0 Å². The number of rotatable bonds is 0. The predicted octanol–water partition coefficient (Wildman–Crippen LogP) is 0.359. The van der Waals surface area contributed by atoms with Crippen molar-refractivity contribution in [3.63, 3.8) is 0 Å². The van der Waals surface area contributed by atoms with E-state index in [0.717, 1.165) is 25.9 Å². The van der Waals surface area contributed by atoms with Gasteiger partial charge in [0.25, 0.3) is 0 Å². The minimum atomic E-state index is 0.0284. The van der Waals surface area contributed by atoms with Gasteiger partial charge in [-0.15, -0.1) is 0 Å². The summed E-state index contributed by atoms with van der Waals surface area (Å²) < 4.78 is 0. The largest absolute Gasteiger partial charge is 0.354 e. The first-order valence-corrected chi connectivity index (χ1v) is 4.65. The number of Topliss-reactive ketones (excluding diaryl/α,β-unsaturated/α-hetero) is 1. The molecular weight excluding hydrogens is 166 g/mol. The van der Waals surface area contributed by atoms with Gasteiger partial charge in [-0.25, -0.2) is 4.99 Å². The Balaban J connectivity index is 2.09. The molecule has 0 unspecified atom stereocenters. The van der Waals surface area contributed by atoms with Gasteiger partial charge in [-0.2, -0.15) is 0 Å². The highest BCUT2D eigenvalue weighted by atomic mass is 16.1. The third kappa shape index (κ3) is 1.76. The van der Waals surface area contributed by atoms with E-state index in [4.69, 9.17) is 0 Å². The van der Waals surface area contributed by atoms with Gasteiger partial charge in [-0.3, -0.25) is 9.79 Å². The van der Waals surface area contributed by atoms with Crippen LogP contribution in [0.25, 0.3) is 0 Å². The first kappa shape index (κ1) is 8.41. The first-order chi connectivity index (χ1) is 6.38. The second-order valence-corrected chi connectivity index (χ2v) is 3.32. The fraction of sp³-hybridized carbons (Fsp3) is 0.667. The highest BCUT2D eigenvalue weighted by Crippen LogP contribution is 2.10. The zero-order valence-corrected chi connectivity index (χ0v) is 7.49. The number of hydrogen-bond acceptors (Lipinski definition) is 4. The molecule has 13 heavy (non-hydrogen) atoms. The summed E-state index contributed by atoms with van der Waals surface area (Å²) in [5.74, 6) is 0.593. The van der Waals surface area contributed by atoms with Crippen LogP contribution in [0.5, 0.6) is 0 Å². The Morgan fingerprint density at radius 1 is 1.23 bits per heavy atom. The van der Waals surface area contributed by atoms with Gasteiger partial charge in [0.1, 0.15) is 6.54 Å². The molecule has 0 atom stereocenters. The summed E-state index contributed by atoms with van der Waals surface area (Å²) in [4.78, 5) is 21.0. The lowest BCUT2D eigenvalue weighted by molar-refractivity contribution is -0.112. The highest BCUT2D eigenvalue weighted by Gasteiger charge is 2.22. The van der Waals surface area contributed by atoms with Crippen LogP contribution in [0.3, 0.4) is 0 Å². The summed E-state index contributed by atoms with van der Waals surface area (Å²) in [7, 11) is 0. The van der Waals surface area contributed by atoms with E-state index in [2.05, 4.69) is 16.3 Å². The lowest BCUT2D eigenvalue weighted by atomic mass is 10.1. The molecular formula is C9H12N3O. The molecule has 2 aliphatic heterocycles. The Bertz CT molecular complexity index is 264. The molecule has 0 aromatic rings. The minimum absolute atomic E-state index is 0.0284. The van der Waals surface area contributed by atoms with Crippen molar-refractivity contribution in [1.29, 1.82) is 0 Å². The third-order valence-electron chi connectivity index (χ3n) is 2.35. The predicted molar refractivity (Wildman–Crippen MR) is 50.2 cm³/mol. The molecule has 0 N–H and O–H groups in total. The van der Waals surface area contributed by atoms with Gasteiger partial charge in [-0.1, -0.05) is 0 Å². The van der Waals surface area contributed by atoms with E-state index >= 15 is 0 Å². The Labute approximate surface area is 77.4 Å². The number of aliphatic imine (C=N–C) groups is 2. The van der Waals surface area contributed by atoms with Crippen LogP contribution in [0.1, 0.15) is 19.3 Å². The number of likely N-dealkylation sites (tertiary alicyclic amines) is 1. The smallest absolute Gasteiger partial charge is 0.219 e. The lowest BCUT2D eigenvalue weighted by Gasteiger charge is -2.28. The van der Waals surface area contributed by atoms with Gasteiger partial charge in [0.2, 0.25) is 5.78 Å². The summed E-state index contributed by atoms with van der Waals surface area (Å²) in [5.41, 5.74) is 0. The fourth-order valence-corrected chi connectivity index (χ4v) is 1.68. The van der Waals surface area contributed by atoms with Crippen molar-refractivity contribution < 1.29 is 4.79 Å². The Kier molecular flexibility index (Phi) is 2.38. The summed E-state index contributed by atoms with van der Waals surface area (Å²) in [5, 5.41) is 0. The van der Waals surface area contributed by atoms with Gasteiger partial charge in [0.15, 0.2) is 12.2 Å². The molecule has 0 aliphatic carbocycles. The number of carbonyl (C=O) groups excluding carboxylic acids is 1. The topological polar surface area (TPSA) is 45.0 Å². The van der Waals surface area contributed by atoms with Crippen molar-refractivity contribution in [2.24, 2.45) is 9.98 Å². The molecule has 0 aromatic heterocycles. The second-order valence-electron chi connectivity index (χ2n) is 3.32. The van der Waals surface area contributed by atoms with E-state index in [1.54, 1.807) is 0 Å². The molecule has 69 valence electrons. The van der Waals surface area contributed by atoms with Crippen LogP contribution in [-0.4, -0.2) is 42.5 Å². The highest BCUT2D eigenvalue weighted by molar-refractivity contribution is 6.41. The van der Waals surface area contributed by atoms with Crippen molar-refractivity contribution in [2.45, 2.75) is 19.3 Å². The second kappa shape index (κ2) is 3.68. The molecule has 4 nitrogen and oxygen atoms in total. The van der Waals surface area contributed by atoms with E-state index in [9.17, 15) is 4.79 Å². The maximum Gasteiger partial charge on any atom is 0.219 e. The van der Waals surface area contributed by atoms with Crippen LogP contribution in [0.2, 0.25) is 0 Å². The molecule has 1 radical (unpaired) electrons. The molecule has 2 heterocycles. The van der Waals surface area contributed by atoms with E-state index in [-0.39, 0.29) is 12.3 Å². The molecule has 1 fully saturated rings. The molecule has 0 bridgehead atoms. The van der Waals surface area contributed by atoms with E-state index in [1.807, 2.05) is 4.90 Å². The van der Waals surface area contributed by atoms with Gasteiger partial charge < -0.3 is 4.90 Å². The average Bonchev–Trinajstić information content (AvgIpc) is 2.20. The van der Waals surface area contributed by atoms with Crippen LogP contribution < -0.4 is 0 Å². The van der Waals surface area contributed by atoms with Gasteiger partial charge in [0.05, 0.1) is 0 Å². The Morgan fingerprint density at radius 2 is 2.00 bits per heavy atom. The quantitative estimate of drug-likeness (QED) is 0.537. The number of piperidine rings is 1. The summed E-state index contributed by atoms with van der Waals surface area (Å²) in [6.45, 7) is 2.12. The van der Waals surface area contributed by atoms with Crippen molar-refractivity contribution in [3.8, 4) is 0 Å². The summed E-state index contributed by atoms with van der Waals surface area (Å²) >= 11 is 0. The maximum absolute atomic E-state index is 11.4. The van der Waals surface area contributed by atoms with E-state index in [0.29, 0.717) is 5.84 Å². The molecule has 4 heteroatoms. The molecule has 2 aliphatic rings. The number of ketones is 1. The van der Waals surface area contributed by atoms with Crippen LogP contribution in [0.4, 0.5) is 0 Å². The van der Waals surface area contributed by atoms with Crippen LogP contribution in [-0.2, 0) is 4.79 Å². The van der Waals surface area contributed by atoms with Crippen molar-refractivity contribution in [1.82, 2.24) is 4.90 Å². The van der Waals surface area contributed by atoms with Crippen molar-refractivity contribution in [3.05, 3.63) is 0 Å². The first-order valence-electron chi connectivity index (χ1n) is 4.65. The number of amidine groups is 1. The minimum Gasteiger partial charge on any atom is -0.354 e. The number of hydrogen-bond donors (Lipinski definition) is 0. The normalized spacial score (nSPS) is 23.2. The standard InChI is InChI=1S/C9H12N3O/c13-8-6-10-7-11-9(8)12-4-2-1-3-5-12/h1-6H2. The molecule has 0 spiro atoms. The summed E-state index contributed by atoms with van der Waals surface area (Å²) in [6, 6.07) is 0. The SMILES string of the molecule is O=C1CN=[C]N=C1N1CCCCC1. The fourth-order valence-electron chi connectivity index (χ4n) is 1.68. The lowest BCUT2D eigenvalue weighted by Crippen LogP contribution is -2.42.